The quantitative estimate of drug-likeness (QED) is 0.734. The molecule has 1 N–H and O–H groups in total. The highest BCUT2D eigenvalue weighted by Gasteiger charge is 2.29. The molecule has 144 valence electrons. The minimum Gasteiger partial charge on any atom is -0.497 e. The van der Waals surface area contributed by atoms with Crippen molar-refractivity contribution >= 4 is 11.8 Å². The van der Waals surface area contributed by atoms with Crippen LogP contribution in [0.4, 0.5) is 0 Å². The lowest BCUT2D eigenvalue weighted by molar-refractivity contribution is -0.139. The van der Waals surface area contributed by atoms with Gasteiger partial charge in [-0.3, -0.25) is 9.59 Å². The number of hydrogen-bond donors (Lipinski definition) is 1. The van der Waals surface area contributed by atoms with E-state index in [1.807, 2.05) is 54.6 Å². The van der Waals surface area contributed by atoms with Crippen LogP contribution in [0, 0.1) is 0 Å². The number of carbonyl (C=O) groups is 2. The van der Waals surface area contributed by atoms with Gasteiger partial charge in [0.25, 0.3) is 0 Å². The van der Waals surface area contributed by atoms with Crippen molar-refractivity contribution in [3.05, 3.63) is 65.7 Å². The first-order valence-corrected chi connectivity index (χ1v) is 9.29. The Kier molecular flexibility index (Phi) is 7.86. The van der Waals surface area contributed by atoms with Gasteiger partial charge in [0, 0.05) is 20.0 Å². The van der Waals surface area contributed by atoms with Gasteiger partial charge in [0.1, 0.15) is 11.8 Å². The molecule has 0 heterocycles. The van der Waals surface area contributed by atoms with E-state index in [1.54, 1.807) is 12.0 Å². The molecule has 2 aromatic rings. The molecule has 0 aliphatic carbocycles. The molecule has 1 unspecified atom stereocenters. The molecule has 0 fully saturated rings. The minimum atomic E-state index is -0.663. The number of ether oxygens (including phenoxy) is 1. The van der Waals surface area contributed by atoms with Gasteiger partial charge in [0.2, 0.25) is 11.8 Å². The van der Waals surface area contributed by atoms with E-state index in [4.69, 9.17) is 4.74 Å². The summed E-state index contributed by atoms with van der Waals surface area (Å²) >= 11 is 0. The largest absolute Gasteiger partial charge is 0.497 e. The van der Waals surface area contributed by atoms with Crippen LogP contribution < -0.4 is 10.1 Å². The van der Waals surface area contributed by atoms with Crippen LogP contribution in [0.5, 0.6) is 5.75 Å². The molecule has 0 bridgehead atoms. The Labute approximate surface area is 161 Å². The summed E-state index contributed by atoms with van der Waals surface area (Å²) in [6.45, 7) is 4.54. The third-order valence-electron chi connectivity index (χ3n) is 4.46. The Morgan fingerprint density at radius 3 is 2.30 bits per heavy atom. The SMILES string of the molecule is CCCCN(C(C)=O)C(C(=O)NCc1ccccc1)c1ccc(OC)cc1. The summed E-state index contributed by atoms with van der Waals surface area (Å²) < 4.78 is 5.21. The summed E-state index contributed by atoms with van der Waals surface area (Å²) in [6.07, 6.45) is 1.79. The number of carbonyl (C=O) groups excluding carboxylic acids is 2. The van der Waals surface area contributed by atoms with Crippen LogP contribution in [0.15, 0.2) is 54.6 Å². The van der Waals surface area contributed by atoms with Gasteiger partial charge in [-0.1, -0.05) is 55.8 Å². The molecule has 0 saturated carbocycles. The maximum Gasteiger partial charge on any atom is 0.247 e. The van der Waals surface area contributed by atoms with E-state index in [9.17, 15) is 9.59 Å². The molecule has 1 atom stereocenters. The molecule has 2 amide bonds. The molecule has 5 nitrogen and oxygen atoms in total. The fourth-order valence-electron chi connectivity index (χ4n) is 2.94. The van der Waals surface area contributed by atoms with Crippen LogP contribution in [0.2, 0.25) is 0 Å². The highest BCUT2D eigenvalue weighted by Crippen LogP contribution is 2.24. The third kappa shape index (κ3) is 5.84. The summed E-state index contributed by atoms with van der Waals surface area (Å²) in [5, 5.41) is 2.97. The van der Waals surface area contributed by atoms with E-state index in [2.05, 4.69) is 12.2 Å². The highest BCUT2D eigenvalue weighted by molar-refractivity contribution is 5.88. The molecule has 2 rings (SSSR count). The second-order valence-corrected chi connectivity index (χ2v) is 6.45. The van der Waals surface area contributed by atoms with Gasteiger partial charge < -0.3 is 15.0 Å². The van der Waals surface area contributed by atoms with E-state index < -0.39 is 6.04 Å². The molecule has 27 heavy (non-hydrogen) atoms. The van der Waals surface area contributed by atoms with Crippen LogP contribution in [0.3, 0.4) is 0 Å². The lowest BCUT2D eigenvalue weighted by atomic mass is 10.0. The van der Waals surface area contributed by atoms with Crippen LogP contribution in [0.25, 0.3) is 0 Å². The van der Waals surface area contributed by atoms with Crippen molar-refractivity contribution in [2.24, 2.45) is 0 Å². The Morgan fingerprint density at radius 1 is 1.07 bits per heavy atom. The Balaban J connectivity index is 2.25. The van der Waals surface area contributed by atoms with Crippen LogP contribution >= 0.6 is 0 Å². The second-order valence-electron chi connectivity index (χ2n) is 6.45. The zero-order valence-electron chi connectivity index (χ0n) is 16.3. The average Bonchev–Trinajstić information content (AvgIpc) is 2.70. The van der Waals surface area contributed by atoms with Gasteiger partial charge in [-0.2, -0.15) is 0 Å². The van der Waals surface area contributed by atoms with E-state index in [-0.39, 0.29) is 11.8 Å². The average molecular weight is 368 g/mol. The summed E-state index contributed by atoms with van der Waals surface area (Å²) in [6, 6.07) is 16.4. The van der Waals surface area contributed by atoms with Gasteiger partial charge in [-0.15, -0.1) is 0 Å². The zero-order chi connectivity index (χ0) is 19.6. The third-order valence-corrected chi connectivity index (χ3v) is 4.46. The Bertz CT molecular complexity index is 729. The van der Waals surface area contributed by atoms with Crippen LogP contribution in [0.1, 0.15) is 43.9 Å². The molecule has 5 heteroatoms. The number of benzene rings is 2. The number of nitrogens with zero attached hydrogens (tertiary/aromatic N) is 1. The number of nitrogens with one attached hydrogen (secondary N) is 1. The van der Waals surface area contributed by atoms with Gasteiger partial charge in [0.05, 0.1) is 7.11 Å². The van der Waals surface area contributed by atoms with Gasteiger partial charge in [-0.05, 0) is 29.7 Å². The Morgan fingerprint density at radius 2 is 1.74 bits per heavy atom. The molecular weight excluding hydrogens is 340 g/mol. The fraction of sp³-hybridized carbons (Fsp3) is 0.364. The molecule has 0 aromatic heterocycles. The molecule has 0 aliphatic rings. The van der Waals surface area contributed by atoms with Gasteiger partial charge >= 0.3 is 0 Å². The van der Waals surface area contributed by atoms with Crippen molar-refractivity contribution in [1.29, 1.82) is 0 Å². The monoisotopic (exact) mass is 368 g/mol. The zero-order valence-corrected chi connectivity index (χ0v) is 16.3. The number of amides is 2. The summed E-state index contributed by atoms with van der Waals surface area (Å²) in [5.74, 6) is 0.416. The lowest BCUT2D eigenvalue weighted by Crippen LogP contribution is -2.43. The maximum atomic E-state index is 13.0. The first-order valence-electron chi connectivity index (χ1n) is 9.29. The predicted molar refractivity (Wildman–Crippen MR) is 106 cm³/mol. The lowest BCUT2D eigenvalue weighted by Gasteiger charge is -2.30. The number of hydrogen-bond acceptors (Lipinski definition) is 3. The minimum absolute atomic E-state index is 0.112. The topological polar surface area (TPSA) is 58.6 Å². The molecule has 0 spiro atoms. The van der Waals surface area contributed by atoms with E-state index >= 15 is 0 Å². The van der Waals surface area contributed by atoms with Crippen molar-refractivity contribution < 1.29 is 14.3 Å². The first-order chi connectivity index (χ1) is 13.1. The van der Waals surface area contributed by atoms with Crippen molar-refractivity contribution in [1.82, 2.24) is 10.2 Å². The fourth-order valence-corrected chi connectivity index (χ4v) is 2.94. The van der Waals surface area contributed by atoms with Crippen molar-refractivity contribution in [3.8, 4) is 5.75 Å². The van der Waals surface area contributed by atoms with Crippen molar-refractivity contribution in [3.63, 3.8) is 0 Å². The highest BCUT2D eigenvalue weighted by atomic mass is 16.5. The van der Waals surface area contributed by atoms with Crippen molar-refractivity contribution in [2.75, 3.05) is 13.7 Å². The standard InChI is InChI=1S/C22H28N2O3/c1-4-5-15-24(17(2)25)21(19-11-13-20(27-3)14-12-19)22(26)23-16-18-9-7-6-8-10-18/h6-14,21H,4-5,15-16H2,1-3H3,(H,23,26). The number of unbranched alkanes of at least 4 members (excludes halogenated alkanes) is 1. The molecule has 0 saturated heterocycles. The molecule has 2 aromatic carbocycles. The summed E-state index contributed by atoms with van der Waals surface area (Å²) in [4.78, 5) is 27.0. The summed E-state index contributed by atoms with van der Waals surface area (Å²) in [7, 11) is 1.60. The maximum absolute atomic E-state index is 13.0. The van der Waals surface area contributed by atoms with Crippen LogP contribution in [-0.4, -0.2) is 30.4 Å². The van der Waals surface area contributed by atoms with Gasteiger partial charge in [0.15, 0.2) is 0 Å². The van der Waals surface area contributed by atoms with E-state index in [0.717, 1.165) is 24.0 Å². The molecule has 0 aliphatic heterocycles. The molecule has 0 radical (unpaired) electrons. The Hall–Kier alpha value is -2.82. The smallest absolute Gasteiger partial charge is 0.247 e. The van der Waals surface area contributed by atoms with Crippen molar-refractivity contribution in [2.45, 2.75) is 39.3 Å². The van der Waals surface area contributed by atoms with Crippen LogP contribution in [-0.2, 0) is 16.1 Å². The predicted octanol–water partition coefficient (Wildman–Crippen LogP) is 3.70. The molecular formula is C22H28N2O3. The number of rotatable bonds is 9. The summed E-state index contributed by atoms with van der Waals surface area (Å²) in [5.41, 5.74) is 1.79. The van der Waals surface area contributed by atoms with E-state index in [0.29, 0.717) is 18.8 Å². The normalized spacial score (nSPS) is 11.5. The number of methoxy groups -OCH3 is 1. The van der Waals surface area contributed by atoms with Gasteiger partial charge in [-0.25, -0.2) is 0 Å². The van der Waals surface area contributed by atoms with E-state index in [1.165, 1.54) is 6.92 Å². The first kappa shape index (κ1) is 20.5. The second kappa shape index (κ2) is 10.4.